The molecule has 0 saturated carbocycles. The Bertz CT molecular complexity index is 380. The van der Waals surface area contributed by atoms with Crippen LogP contribution in [0.4, 0.5) is 0 Å². The molecule has 1 unspecified atom stereocenters. The predicted octanol–water partition coefficient (Wildman–Crippen LogP) is 0.00360. The normalized spacial score (nSPS) is 28.2. The molecule has 1 N–H and O–H groups in total. The highest BCUT2D eigenvalue weighted by Gasteiger charge is 2.41. The number of carbonyl (C=O) groups is 1. The number of aliphatic carboxylic acids is 1. The molecule has 1 saturated heterocycles. The first-order valence-electron chi connectivity index (χ1n) is 5.51. The van der Waals surface area contributed by atoms with Gasteiger partial charge in [0.25, 0.3) is 0 Å². The van der Waals surface area contributed by atoms with Crippen LogP contribution in [-0.2, 0) is 19.6 Å². The monoisotopic (exact) mass is 265 g/mol. The fourth-order valence-electron chi connectivity index (χ4n) is 2.03. The first kappa shape index (κ1) is 14.4. The lowest BCUT2D eigenvalue weighted by atomic mass is 9.99. The zero-order valence-corrected chi connectivity index (χ0v) is 11.1. The largest absolute Gasteiger partial charge is 0.481 e. The summed E-state index contributed by atoms with van der Waals surface area (Å²) in [6.45, 7) is 3.78. The molecular formula is C10H19NO5S. The molecule has 1 rings (SSSR count). The van der Waals surface area contributed by atoms with Gasteiger partial charge in [0.2, 0.25) is 10.0 Å². The van der Waals surface area contributed by atoms with Crippen molar-refractivity contribution in [2.24, 2.45) is 11.8 Å². The van der Waals surface area contributed by atoms with E-state index in [2.05, 4.69) is 0 Å². The molecular weight excluding hydrogens is 246 g/mol. The van der Waals surface area contributed by atoms with Crippen molar-refractivity contribution in [3.05, 3.63) is 0 Å². The van der Waals surface area contributed by atoms with Crippen molar-refractivity contribution in [3.8, 4) is 0 Å². The lowest BCUT2D eigenvalue weighted by Crippen LogP contribution is -2.38. The fraction of sp³-hybridized carbons (Fsp3) is 0.900. The minimum Gasteiger partial charge on any atom is -0.481 e. The van der Waals surface area contributed by atoms with E-state index in [0.29, 0.717) is 0 Å². The number of hydrogen-bond donors (Lipinski definition) is 1. The van der Waals surface area contributed by atoms with E-state index in [1.54, 1.807) is 13.8 Å². The molecule has 0 radical (unpaired) electrons. The zero-order chi connectivity index (χ0) is 13.2. The minimum atomic E-state index is -3.46. The molecule has 3 atom stereocenters. The Hall–Kier alpha value is -0.660. The number of hydrogen-bond acceptors (Lipinski definition) is 4. The maximum absolute atomic E-state index is 12.1. The van der Waals surface area contributed by atoms with Crippen LogP contribution >= 0.6 is 0 Å². The molecule has 100 valence electrons. The molecule has 0 aromatic carbocycles. The highest BCUT2D eigenvalue weighted by Crippen LogP contribution is 2.27. The summed E-state index contributed by atoms with van der Waals surface area (Å²) in [6, 6.07) is 0. The summed E-state index contributed by atoms with van der Waals surface area (Å²) in [5, 5.41) is 8.32. The Balaban J connectivity index is 2.79. The van der Waals surface area contributed by atoms with Crippen LogP contribution in [0.25, 0.3) is 0 Å². The Morgan fingerprint density at radius 3 is 2.53 bits per heavy atom. The minimum absolute atomic E-state index is 0.0624. The number of carboxylic acid groups (broad SMARTS) is 1. The van der Waals surface area contributed by atoms with E-state index in [1.165, 1.54) is 11.4 Å². The first-order chi connectivity index (χ1) is 7.80. The number of ether oxygens (including phenoxy) is 1. The molecule has 1 fully saturated rings. The molecule has 6 nitrogen and oxygen atoms in total. The van der Waals surface area contributed by atoms with Crippen LogP contribution in [0.3, 0.4) is 0 Å². The van der Waals surface area contributed by atoms with Gasteiger partial charge >= 0.3 is 5.97 Å². The summed E-state index contributed by atoms with van der Waals surface area (Å²) < 4.78 is 30.3. The van der Waals surface area contributed by atoms with Crippen LogP contribution in [0.15, 0.2) is 0 Å². The molecule has 7 heteroatoms. The summed E-state index contributed by atoms with van der Waals surface area (Å²) in [4.78, 5) is 10.9. The fourth-order valence-corrected chi connectivity index (χ4v) is 3.66. The molecule has 0 aromatic rings. The van der Waals surface area contributed by atoms with E-state index in [0.717, 1.165) is 0 Å². The third-order valence-electron chi connectivity index (χ3n) is 3.17. The maximum Gasteiger partial charge on any atom is 0.308 e. The lowest BCUT2D eigenvalue weighted by Gasteiger charge is -2.20. The Kier molecular flexibility index (Phi) is 4.51. The molecule has 1 heterocycles. The molecule has 17 heavy (non-hydrogen) atoms. The molecule has 0 bridgehead atoms. The third kappa shape index (κ3) is 2.97. The van der Waals surface area contributed by atoms with Crippen molar-refractivity contribution in [1.82, 2.24) is 4.31 Å². The predicted molar refractivity (Wildman–Crippen MR) is 62.1 cm³/mol. The first-order valence-corrected chi connectivity index (χ1v) is 7.01. The second kappa shape index (κ2) is 5.32. The molecule has 0 amide bonds. The number of sulfonamides is 1. The summed E-state index contributed by atoms with van der Waals surface area (Å²) in [6.07, 6.45) is 0. The van der Waals surface area contributed by atoms with Crippen LogP contribution in [0.5, 0.6) is 0 Å². The standard InChI is InChI=1S/C10H19NO5S/c1-7-4-11(5-9(7)10(12)13)17(14,15)8(2)6-16-3/h7-9H,4-6H2,1-3H3,(H,12,13)/t7-,8?,9-/m1/s1. The second-order valence-corrected chi connectivity index (χ2v) is 6.90. The Morgan fingerprint density at radius 1 is 1.53 bits per heavy atom. The average molecular weight is 265 g/mol. The smallest absolute Gasteiger partial charge is 0.308 e. The van der Waals surface area contributed by atoms with Crippen molar-refractivity contribution >= 4 is 16.0 Å². The van der Waals surface area contributed by atoms with E-state index < -0.39 is 27.2 Å². The highest BCUT2D eigenvalue weighted by molar-refractivity contribution is 7.89. The topological polar surface area (TPSA) is 83.9 Å². The Labute approximate surface area is 102 Å². The third-order valence-corrected chi connectivity index (χ3v) is 5.34. The second-order valence-electron chi connectivity index (χ2n) is 4.55. The van der Waals surface area contributed by atoms with Gasteiger partial charge in [0, 0.05) is 20.2 Å². The molecule has 0 aromatic heterocycles. The average Bonchev–Trinajstić information content (AvgIpc) is 2.61. The Morgan fingerprint density at radius 2 is 2.12 bits per heavy atom. The highest BCUT2D eigenvalue weighted by atomic mass is 32.2. The van der Waals surface area contributed by atoms with Gasteiger partial charge < -0.3 is 9.84 Å². The van der Waals surface area contributed by atoms with Crippen molar-refractivity contribution in [3.63, 3.8) is 0 Å². The van der Waals surface area contributed by atoms with Gasteiger partial charge in [-0.15, -0.1) is 0 Å². The lowest BCUT2D eigenvalue weighted by molar-refractivity contribution is -0.142. The quantitative estimate of drug-likeness (QED) is 0.756. The molecule has 1 aliphatic heterocycles. The van der Waals surface area contributed by atoms with Crippen LogP contribution in [0.2, 0.25) is 0 Å². The number of carboxylic acids is 1. The van der Waals surface area contributed by atoms with Crippen molar-refractivity contribution in [1.29, 1.82) is 0 Å². The van der Waals surface area contributed by atoms with Gasteiger partial charge in [0.05, 0.1) is 17.8 Å². The van der Waals surface area contributed by atoms with Crippen molar-refractivity contribution < 1.29 is 23.1 Å². The van der Waals surface area contributed by atoms with Gasteiger partial charge in [0.1, 0.15) is 0 Å². The molecule has 0 aliphatic carbocycles. The number of methoxy groups -OCH3 is 1. The number of rotatable bonds is 5. The van der Waals surface area contributed by atoms with E-state index in [4.69, 9.17) is 9.84 Å². The summed E-state index contributed by atoms with van der Waals surface area (Å²) in [5.41, 5.74) is 0. The van der Waals surface area contributed by atoms with Crippen LogP contribution in [0, 0.1) is 11.8 Å². The van der Waals surface area contributed by atoms with E-state index in [-0.39, 0.29) is 25.6 Å². The van der Waals surface area contributed by atoms with Crippen molar-refractivity contribution in [2.45, 2.75) is 19.1 Å². The van der Waals surface area contributed by atoms with Gasteiger partial charge in [-0.3, -0.25) is 4.79 Å². The van der Waals surface area contributed by atoms with Crippen molar-refractivity contribution in [2.75, 3.05) is 26.8 Å². The van der Waals surface area contributed by atoms with Crippen LogP contribution in [-0.4, -0.2) is 55.9 Å². The van der Waals surface area contributed by atoms with Gasteiger partial charge in [-0.2, -0.15) is 0 Å². The van der Waals surface area contributed by atoms with Gasteiger partial charge in [-0.1, -0.05) is 6.92 Å². The molecule has 1 aliphatic rings. The van der Waals surface area contributed by atoms with Crippen LogP contribution in [0.1, 0.15) is 13.8 Å². The van der Waals surface area contributed by atoms with Gasteiger partial charge in [-0.05, 0) is 12.8 Å². The molecule has 0 spiro atoms. The maximum atomic E-state index is 12.1. The van der Waals surface area contributed by atoms with Gasteiger partial charge in [0.15, 0.2) is 0 Å². The zero-order valence-electron chi connectivity index (χ0n) is 10.3. The van der Waals surface area contributed by atoms with E-state index in [1.807, 2.05) is 0 Å². The SMILES string of the molecule is COCC(C)S(=O)(=O)N1C[C@@H](C)[C@H](C(=O)O)C1. The number of nitrogens with zero attached hydrogens (tertiary/aromatic N) is 1. The van der Waals surface area contributed by atoms with Gasteiger partial charge in [-0.25, -0.2) is 12.7 Å². The van der Waals surface area contributed by atoms with E-state index in [9.17, 15) is 13.2 Å². The van der Waals surface area contributed by atoms with Crippen LogP contribution < -0.4 is 0 Å². The van der Waals surface area contributed by atoms with E-state index >= 15 is 0 Å². The summed E-state index contributed by atoms with van der Waals surface area (Å²) >= 11 is 0. The summed E-state index contributed by atoms with van der Waals surface area (Å²) in [5.74, 6) is -1.70. The summed E-state index contributed by atoms with van der Waals surface area (Å²) in [7, 11) is -2.01.